The lowest BCUT2D eigenvalue weighted by atomic mass is 10.1. The van der Waals surface area contributed by atoms with E-state index in [0.717, 1.165) is 10.6 Å². The molecule has 3 rings (SSSR count). The van der Waals surface area contributed by atoms with Crippen molar-refractivity contribution in [3.05, 3.63) is 64.9 Å². The second kappa shape index (κ2) is 6.79. The second-order valence-electron chi connectivity index (χ2n) is 5.26. The van der Waals surface area contributed by atoms with E-state index in [4.69, 9.17) is 4.42 Å². The molecule has 0 fully saturated rings. The van der Waals surface area contributed by atoms with Crippen molar-refractivity contribution in [3.8, 4) is 10.8 Å². The predicted molar refractivity (Wildman–Crippen MR) is 91.4 cm³/mol. The lowest BCUT2D eigenvalue weighted by Crippen LogP contribution is -2.30. The standard InChI is InChI=1S/C18H18N2O2S/c1-3-20(11-14-8-5-4-7-13(14)2)18(21)15-12-23-17(19-15)16-9-6-10-22-16/h4-10,12H,3,11H2,1-2H3. The zero-order valence-corrected chi connectivity index (χ0v) is 14.0. The normalized spacial score (nSPS) is 10.7. The van der Waals surface area contributed by atoms with E-state index in [1.54, 1.807) is 11.6 Å². The highest BCUT2D eigenvalue weighted by Gasteiger charge is 2.19. The van der Waals surface area contributed by atoms with Crippen LogP contribution < -0.4 is 0 Å². The Balaban J connectivity index is 1.79. The van der Waals surface area contributed by atoms with Crippen LogP contribution >= 0.6 is 11.3 Å². The molecule has 0 aliphatic carbocycles. The number of furan rings is 1. The van der Waals surface area contributed by atoms with E-state index in [2.05, 4.69) is 24.0 Å². The number of carbonyl (C=O) groups is 1. The van der Waals surface area contributed by atoms with Gasteiger partial charge in [0.05, 0.1) is 6.26 Å². The summed E-state index contributed by atoms with van der Waals surface area (Å²) < 4.78 is 5.33. The number of nitrogens with zero attached hydrogens (tertiary/aromatic N) is 2. The second-order valence-corrected chi connectivity index (χ2v) is 6.12. The highest BCUT2D eigenvalue weighted by atomic mass is 32.1. The van der Waals surface area contributed by atoms with Crippen LogP contribution in [0.4, 0.5) is 0 Å². The first-order valence-corrected chi connectivity index (χ1v) is 8.40. The molecule has 0 bridgehead atoms. The molecule has 0 spiro atoms. The lowest BCUT2D eigenvalue weighted by molar-refractivity contribution is 0.0747. The molecule has 0 unspecified atom stereocenters. The Labute approximate surface area is 139 Å². The summed E-state index contributed by atoms with van der Waals surface area (Å²) in [5, 5.41) is 2.52. The molecular formula is C18H18N2O2S. The minimum Gasteiger partial charge on any atom is -0.462 e. The maximum absolute atomic E-state index is 12.7. The van der Waals surface area contributed by atoms with Crippen molar-refractivity contribution in [2.24, 2.45) is 0 Å². The monoisotopic (exact) mass is 326 g/mol. The maximum atomic E-state index is 12.7. The lowest BCUT2D eigenvalue weighted by Gasteiger charge is -2.21. The Morgan fingerprint density at radius 1 is 1.26 bits per heavy atom. The summed E-state index contributed by atoms with van der Waals surface area (Å²) in [5.74, 6) is 0.640. The number of benzene rings is 1. The molecule has 0 aliphatic heterocycles. The summed E-state index contributed by atoms with van der Waals surface area (Å²) in [6, 6.07) is 11.8. The summed E-state index contributed by atoms with van der Waals surface area (Å²) in [5.41, 5.74) is 2.81. The van der Waals surface area contributed by atoms with Crippen LogP contribution in [0.15, 0.2) is 52.5 Å². The van der Waals surface area contributed by atoms with Crippen molar-refractivity contribution < 1.29 is 9.21 Å². The van der Waals surface area contributed by atoms with E-state index in [1.165, 1.54) is 16.9 Å². The SMILES string of the molecule is CCN(Cc1ccccc1C)C(=O)c1csc(-c2ccco2)n1. The van der Waals surface area contributed by atoms with Crippen molar-refractivity contribution in [2.75, 3.05) is 6.54 Å². The summed E-state index contributed by atoms with van der Waals surface area (Å²) in [6.07, 6.45) is 1.61. The molecule has 2 heterocycles. The molecule has 0 aliphatic rings. The van der Waals surface area contributed by atoms with E-state index < -0.39 is 0 Å². The Hall–Kier alpha value is -2.40. The largest absolute Gasteiger partial charge is 0.462 e. The van der Waals surface area contributed by atoms with Gasteiger partial charge in [-0.2, -0.15) is 0 Å². The van der Waals surface area contributed by atoms with Crippen LogP contribution in [0.1, 0.15) is 28.5 Å². The number of carbonyl (C=O) groups excluding carboxylic acids is 1. The van der Waals surface area contributed by atoms with E-state index in [1.807, 2.05) is 36.1 Å². The van der Waals surface area contributed by atoms with Gasteiger partial charge in [-0.1, -0.05) is 24.3 Å². The molecule has 23 heavy (non-hydrogen) atoms. The van der Waals surface area contributed by atoms with Crippen molar-refractivity contribution >= 4 is 17.2 Å². The molecule has 1 aromatic carbocycles. The minimum atomic E-state index is -0.0511. The first-order chi connectivity index (χ1) is 11.2. The van der Waals surface area contributed by atoms with E-state index in [-0.39, 0.29) is 5.91 Å². The third-order valence-corrected chi connectivity index (χ3v) is 4.60. The number of aryl methyl sites for hydroxylation is 1. The van der Waals surface area contributed by atoms with Gasteiger partial charge in [-0.3, -0.25) is 4.79 Å². The first-order valence-electron chi connectivity index (χ1n) is 7.52. The number of amides is 1. The van der Waals surface area contributed by atoms with E-state index in [9.17, 15) is 4.79 Å². The summed E-state index contributed by atoms with van der Waals surface area (Å²) in [7, 11) is 0. The highest BCUT2D eigenvalue weighted by Crippen LogP contribution is 2.25. The zero-order chi connectivity index (χ0) is 16.2. The molecule has 0 atom stereocenters. The average Bonchev–Trinajstić information content (AvgIpc) is 3.24. The molecule has 118 valence electrons. The topological polar surface area (TPSA) is 46.3 Å². The van der Waals surface area contributed by atoms with Crippen LogP contribution in [0, 0.1) is 6.92 Å². The Morgan fingerprint density at radius 2 is 2.09 bits per heavy atom. The summed E-state index contributed by atoms with van der Waals surface area (Å²) in [6.45, 7) is 5.28. The smallest absolute Gasteiger partial charge is 0.273 e. The fourth-order valence-corrected chi connectivity index (χ4v) is 3.13. The predicted octanol–water partition coefficient (Wildman–Crippen LogP) is 4.37. The van der Waals surface area contributed by atoms with Gasteiger partial charge in [0.1, 0.15) is 5.69 Å². The number of rotatable bonds is 5. The van der Waals surface area contributed by atoms with Crippen molar-refractivity contribution in [1.29, 1.82) is 0 Å². The van der Waals surface area contributed by atoms with Gasteiger partial charge in [-0.25, -0.2) is 4.98 Å². The van der Waals surface area contributed by atoms with Gasteiger partial charge < -0.3 is 9.32 Å². The number of hydrogen-bond donors (Lipinski definition) is 0. The fraction of sp³-hybridized carbons (Fsp3) is 0.222. The van der Waals surface area contributed by atoms with Crippen LogP contribution in [0.5, 0.6) is 0 Å². The number of thiazole rings is 1. The van der Waals surface area contributed by atoms with E-state index >= 15 is 0 Å². The number of aromatic nitrogens is 1. The van der Waals surface area contributed by atoms with Gasteiger partial charge in [0, 0.05) is 18.5 Å². The van der Waals surface area contributed by atoms with Crippen LogP contribution in [-0.4, -0.2) is 22.3 Å². The maximum Gasteiger partial charge on any atom is 0.273 e. The molecular weight excluding hydrogens is 308 g/mol. The summed E-state index contributed by atoms with van der Waals surface area (Å²) >= 11 is 1.42. The molecule has 4 nitrogen and oxygen atoms in total. The minimum absolute atomic E-state index is 0.0511. The Morgan fingerprint density at radius 3 is 2.78 bits per heavy atom. The van der Waals surface area contributed by atoms with Crippen LogP contribution in [0.2, 0.25) is 0 Å². The van der Waals surface area contributed by atoms with Crippen molar-refractivity contribution in [3.63, 3.8) is 0 Å². The van der Waals surface area contributed by atoms with Crippen LogP contribution in [-0.2, 0) is 6.54 Å². The van der Waals surface area contributed by atoms with Gasteiger partial charge in [-0.05, 0) is 37.1 Å². The first kappa shape index (κ1) is 15.5. The van der Waals surface area contributed by atoms with Crippen LogP contribution in [0.3, 0.4) is 0 Å². The summed E-state index contributed by atoms with van der Waals surface area (Å²) in [4.78, 5) is 18.9. The zero-order valence-electron chi connectivity index (χ0n) is 13.2. The average molecular weight is 326 g/mol. The fourth-order valence-electron chi connectivity index (χ4n) is 2.37. The number of hydrogen-bond acceptors (Lipinski definition) is 4. The molecule has 3 aromatic rings. The van der Waals surface area contributed by atoms with Gasteiger partial charge >= 0.3 is 0 Å². The molecule has 2 aromatic heterocycles. The molecule has 0 saturated carbocycles. The van der Waals surface area contributed by atoms with Gasteiger partial charge in [0.15, 0.2) is 10.8 Å². The molecule has 0 saturated heterocycles. The van der Waals surface area contributed by atoms with Crippen molar-refractivity contribution in [1.82, 2.24) is 9.88 Å². The Bertz CT molecular complexity index is 793. The van der Waals surface area contributed by atoms with E-state index in [0.29, 0.717) is 24.5 Å². The van der Waals surface area contributed by atoms with Crippen LogP contribution in [0.25, 0.3) is 10.8 Å². The molecule has 0 radical (unpaired) electrons. The molecule has 1 amide bonds. The van der Waals surface area contributed by atoms with Crippen molar-refractivity contribution in [2.45, 2.75) is 20.4 Å². The molecule has 0 N–H and O–H groups in total. The third-order valence-electron chi connectivity index (χ3n) is 3.75. The molecule has 5 heteroatoms. The van der Waals surface area contributed by atoms with Gasteiger partial charge in [0.25, 0.3) is 5.91 Å². The Kier molecular flexibility index (Phi) is 4.57. The van der Waals surface area contributed by atoms with Gasteiger partial charge in [0.2, 0.25) is 0 Å². The third kappa shape index (κ3) is 3.35. The quantitative estimate of drug-likeness (QED) is 0.699. The highest BCUT2D eigenvalue weighted by molar-refractivity contribution is 7.13. The van der Waals surface area contributed by atoms with Gasteiger partial charge in [-0.15, -0.1) is 11.3 Å².